The van der Waals surface area contributed by atoms with E-state index in [1.807, 2.05) is 6.07 Å². The van der Waals surface area contributed by atoms with Crippen molar-refractivity contribution >= 4 is 59.3 Å². The number of piperidine rings is 1. The second-order valence-corrected chi connectivity index (χ2v) is 8.46. The minimum atomic E-state index is 0.0172. The lowest BCUT2D eigenvalue weighted by molar-refractivity contribution is -0.120. The van der Waals surface area contributed by atoms with Gasteiger partial charge in [0.25, 0.3) is 0 Å². The highest BCUT2D eigenvalue weighted by molar-refractivity contribution is 7.24. The number of benzene rings is 1. The predicted molar refractivity (Wildman–Crippen MR) is 105 cm³/mol. The molecule has 0 spiro atoms. The predicted octanol–water partition coefficient (Wildman–Crippen LogP) is 4.02. The van der Waals surface area contributed by atoms with Crippen LogP contribution < -0.4 is 10.7 Å². The fourth-order valence-corrected chi connectivity index (χ4v) is 5.41. The van der Waals surface area contributed by atoms with E-state index >= 15 is 0 Å². The molecule has 1 aliphatic heterocycles. The Kier molecular flexibility index (Phi) is 4.35. The number of rotatable bonds is 3. The molecule has 2 aromatic heterocycles. The Morgan fingerprint density at radius 2 is 2.04 bits per heavy atom. The summed E-state index contributed by atoms with van der Waals surface area (Å²) in [5.74, 6) is 0.0172. The summed E-state index contributed by atoms with van der Waals surface area (Å²) in [6.07, 6.45) is 4.51. The summed E-state index contributed by atoms with van der Waals surface area (Å²) in [7, 11) is 0. The lowest BCUT2D eigenvalue weighted by Crippen LogP contribution is -2.53. The van der Waals surface area contributed by atoms with Crippen molar-refractivity contribution in [3.63, 3.8) is 0 Å². The van der Waals surface area contributed by atoms with E-state index in [-0.39, 0.29) is 5.91 Å². The number of nitrogen functional groups attached to an aromatic ring is 1. The van der Waals surface area contributed by atoms with Crippen LogP contribution >= 0.6 is 22.7 Å². The normalized spacial score (nSPS) is 18.9. The molecule has 1 aromatic carbocycles. The number of carbonyl (C=O) groups is 1. The topological polar surface area (TPSA) is 75.3 Å². The molecule has 1 atom stereocenters. The van der Waals surface area contributed by atoms with Crippen molar-refractivity contribution in [1.29, 1.82) is 0 Å². The van der Waals surface area contributed by atoms with E-state index in [1.165, 1.54) is 17.8 Å². The zero-order valence-electron chi connectivity index (χ0n) is 14.4. The molecule has 0 radical (unpaired) electrons. The van der Waals surface area contributed by atoms with Crippen molar-refractivity contribution in [2.45, 2.75) is 45.6 Å². The molecule has 4 rings (SSSR count). The number of thiazole rings is 2. The molecule has 25 heavy (non-hydrogen) atoms. The molecule has 2 N–H and O–H groups in total. The molecular formula is C17H21N5OS2. The van der Waals surface area contributed by atoms with Crippen LogP contribution in [0.4, 0.5) is 10.3 Å². The monoisotopic (exact) mass is 375 g/mol. The van der Waals surface area contributed by atoms with E-state index < -0.39 is 0 Å². The van der Waals surface area contributed by atoms with Gasteiger partial charge in [-0.25, -0.2) is 20.0 Å². The molecule has 0 aliphatic carbocycles. The first-order valence-electron chi connectivity index (χ1n) is 8.60. The molecule has 3 aromatic rings. The van der Waals surface area contributed by atoms with E-state index in [9.17, 15) is 4.79 Å². The number of nitrogens with two attached hydrogens (primary N) is 1. The molecular weight excluding hydrogens is 354 g/mol. The number of carbonyl (C=O) groups excluding carboxylic acids is 1. The highest BCUT2D eigenvalue weighted by Gasteiger charge is 2.31. The zero-order valence-corrected chi connectivity index (χ0v) is 16.0. The summed E-state index contributed by atoms with van der Waals surface area (Å²) >= 11 is 3.03. The third-order valence-corrected chi connectivity index (χ3v) is 6.55. The van der Waals surface area contributed by atoms with E-state index in [0.717, 1.165) is 51.4 Å². The molecule has 0 saturated carbocycles. The Balaban J connectivity index is 1.77. The van der Waals surface area contributed by atoms with Gasteiger partial charge in [-0.3, -0.25) is 4.79 Å². The molecule has 132 valence electrons. The van der Waals surface area contributed by atoms with Crippen LogP contribution in [0.25, 0.3) is 20.4 Å². The van der Waals surface area contributed by atoms with Gasteiger partial charge in [0.15, 0.2) is 5.13 Å². The van der Waals surface area contributed by atoms with Crippen LogP contribution in [-0.2, 0) is 4.79 Å². The van der Waals surface area contributed by atoms with Crippen LogP contribution in [0, 0.1) is 0 Å². The van der Waals surface area contributed by atoms with Gasteiger partial charge in [0.1, 0.15) is 0 Å². The van der Waals surface area contributed by atoms with Crippen molar-refractivity contribution in [2.75, 3.05) is 17.3 Å². The summed E-state index contributed by atoms with van der Waals surface area (Å²) in [6.45, 7) is 4.71. The van der Waals surface area contributed by atoms with Crippen molar-refractivity contribution in [3.8, 4) is 0 Å². The molecule has 1 fully saturated rings. The molecule has 1 amide bonds. The number of hydrazine groups is 1. The Labute approximate surface area is 154 Å². The fourth-order valence-electron chi connectivity index (χ4n) is 3.53. The molecule has 1 saturated heterocycles. The van der Waals surface area contributed by atoms with Gasteiger partial charge in [0, 0.05) is 19.5 Å². The van der Waals surface area contributed by atoms with Gasteiger partial charge in [0.2, 0.25) is 11.0 Å². The molecule has 1 unspecified atom stereocenters. The van der Waals surface area contributed by atoms with E-state index in [0.29, 0.717) is 11.2 Å². The number of aromatic nitrogens is 2. The van der Waals surface area contributed by atoms with Crippen LogP contribution in [0.1, 0.15) is 39.5 Å². The first kappa shape index (κ1) is 16.7. The molecule has 8 heteroatoms. The minimum absolute atomic E-state index is 0.0172. The van der Waals surface area contributed by atoms with Gasteiger partial charge in [-0.1, -0.05) is 36.0 Å². The average molecular weight is 376 g/mol. The van der Waals surface area contributed by atoms with Gasteiger partial charge in [-0.2, -0.15) is 0 Å². The molecule has 1 aliphatic rings. The highest BCUT2D eigenvalue weighted by atomic mass is 32.1. The number of anilines is 2. The number of hydrogen-bond acceptors (Lipinski definition) is 7. The highest BCUT2D eigenvalue weighted by Crippen LogP contribution is 2.36. The Morgan fingerprint density at radius 3 is 2.80 bits per heavy atom. The first-order valence-corrected chi connectivity index (χ1v) is 10.2. The largest absolute Gasteiger partial charge is 0.375 e. The summed E-state index contributed by atoms with van der Waals surface area (Å²) in [6, 6.07) is 4.43. The molecule has 6 nitrogen and oxygen atoms in total. The minimum Gasteiger partial charge on any atom is -0.375 e. The maximum Gasteiger partial charge on any atom is 0.240 e. The summed E-state index contributed by atoms with van der Waals surface area (Å²) < 4.78 is 2.11. The van der Waals surface area contributed by atoms with Crippen LogP contribution in [-0.4, -0.2) is 33.5 Å². The van der Waals surface area contributed by atoms with Crippen LogP contribution in [0.15, 0.2) is 12.1 Å². The van der Waals surface area contributed by atoms with Crippen molar-refractivity contribution < 1.29 is 4.79 Å². The van der Waals surface area contributed by atoms with Gasteiger partial charge in [-0.15, -0.1) is 0 Å². The lowest BCUT2D eigenvalue weighted by atomic mass is 10.0. The Bertz CT molecular complexity index is 883. The standard InChI is InChI=1S/C17H21N5OS2/c1-3-11-6-4-5-7-21(11)22(10(2)23)17-20-13-8-12-14(9-15(13)25-17)24-16(18)19-12/h8-9,11H,3-7H2,1-2H3,(H2,18,19). The van der Waals surface area contributed by atoms with Crippen molar-refractivity contribution in [1.82, 2.24) is 15.0 Å². The third-order valence-electron chi connectivity index (χ3n) is 4.71. The maximum absolute atomic E-state index is 12.4. The van der Waals surface area contributed by atoms with Gasteiger partial charge in [-0.05, 0) is 31.4 Å². The summed E-state index contributed by atoms with van der Waals surface area (Å²) in [5.41, 5.74) is 7.53. The third kappa shape index (κ3) is 2.98. The molecule has 3 heterocycles. The first-order chi connectivity index (χ1) is 12.1. The van der Waals surface area contributed by atoms with Gasteiger partial charge < -0.3 is 5.73 Å². The van der Waals surface area contributed by atoms with Crippen molar-refractivity contribution in [2.24, 2.45) is 0 Å². The summed E-state index contributed by atoms with van der Waals surface area (Å²) in [5, 5.41) is 5.31. The Morgan fingerprint density at radius 1 is 1.28 bits per heavy atom. The van der Waals surface area contributed by atoms with Gasteiger partial charge in [0.05, 0.1) is 20.4 Å². The van der Waals surface area contributed by atoms with Crippen LogP contribution in [0.2, 0.25) is 0 Å². The van der Waals surface area contributed by atoms with Crippen LogP contribution in [0.5, 0.6) is 0 Å². The van der Waals surface area contributed by atoms with Crippen LogP contribution in [0.3, 0.4) is 0 Å². The second kappa shape index (κ2) is 6.51. The smallest absolute Gasteiger partial charge is 0.240 e. The Hall–Kier alpha value is -1.77. The number of fused-ring (bicyclic) bond motifs is 2. The summed E-state index contributed by atoms with van der Waals surface area (Å²) in [4.78, 5) is 21.5. The van der Waals surface area contributed by atoms with Crippen molar-refractivity contribution in [3.05, 3.63) is 12.1 Å². The van der Waals surface area contributed by atoms with E-state index in [4.69, 9.17) is 10.7 Å². The number of amides is 1. The van der Waals surface area contributed by atoms with Gasteiger partial charge >= 0.3 is 0 Å². The SMILES string of the molecule is CCC1CCCCN1N(C(C)=O)c1nc2cc3nc(N)sc3cc2s1. The van der Waals surface area contributed by atoms with E-state index in [2.05, 4.69) is 23.0 Å². The fraction of sp³-hybridized carbons (Fsp3) is 0.471. The van der Waals surface area contributed by atoms with E-state index in [1.54, 1.807) is 23.3 Å². The number of hydrogen-bond donors (Lipinski definition) is 1. The lowest BCUT2D eigenvalue weighted by Gasteiger charge is -2.41. The maximum atomic E-state index is 12.4. The average Bonchev–Trinajstić information content (AvgIpc) is 3.13. The number of nitrogens with zero attached hydrogens (tertiary/aromatic N) is 4. The quantitative estimate of drug-likeness (QED) is 0.748. The second-order valence-electron chi connectivity index (χ2n) is 6.39. The molecule has 0 bridgehead atoms. The zero-order chi connectivity index (χ0) is 17.6.